The lowest BCUT2D eigenvalue weighted by Crippen LogP contribution is -1.95. The van der Waals surface area contributed by atoms with E-state index in [0.29, 0.717) is 4.34 Å². The van der Waals surface area contributed by atoms with Gasteiger partial charge in [0.2, 0.25) is 0 Å². The summed E-state index contributed by atoms with van der Waals surface area (Å²) in [6.45, 7) is 1.84. The van der Waals surface area contributed by atoms with E-state index >= 15 is 0 Å². The number of allylic oxidation sites excluding steroid dienone is 1. The highest BCUT2D eigenvalue weighted by Gasteiger charge is 2.02. The first kappa shape index (κ1) is 10.3. The molecule has 0 saturated heterocycles. The number of ether oxygens (including phenoxy) is 1. The molecule has 1 rings (SSSR count). The molecule has 0 unspecified atom stereocenters. The van der Waals surface area contributed by atoms with E-state index in [-0.39, 0.29) is 5.97 Å². The van der Waals surface area contributed by atoms with Crippen molar-refractivity contribution in [2.45, 2.75) is 6.92 Å². The average Bonchev–Trinajstić information content (AvgIpc) is 2.51. The molecule has 0 aliphatic carbocycles. The molecule has 0 bridgehead atoms. The molecule has 0 amide bonds. The Morgan fingerprint density at radius 2 is 2.38 bits per heavy atom. The lowest BCUT2D eigenvalue weighted by molar-refractivity contribution is -0.134. The van der Waals surface area contributed by atoms with E-state index in [1.165, 1.54) is 24.5 Å². The van der Waals surface area contributed by atoms with Gasteiger partial charge in [-0.25, -0.2) is 4.79 Å². The van der Waals surface area contributed by atoms with Gasteiger partial charge in [0.15, 0.2) is 0 Å². The SMILES string of the molecule is COC(=O)/C=C(/C)c1csc(Cl)c1. The highest BCUT2D eigenvalue weighted by atomic mass is 35.5. The topological polar surface area (TPSA) is 26.3 Å². The van der Waals surface area contributed by atoms with Crippen LogP contribution in [0.4, 0.5) is 0 Å². The molecule has 0 aliphatic heterocycles. The quantitative estimate of drug-likeness (QED) is 0.561. The summed E-state index contributed by atoms with van der Waals surface area (Å²) in [5.74, 6) is -0.347. The summed E-state index contributed by atoms with van der Waals surface area (Å²) in [4.78, 5) is 10.9. The van der Waals surface area contributed by atoms with E-state index in [1.807, 2.05) is 18.4 Å². The molecule has 1 aromatic rings. The second-order valence-electron chi connectivity index (χ2n) is 2.49. The summed E-state index contributed by atoms with van der Waals surface area (Å²) in [6, 6.07) is 1.82. The van der Waals surface area contributed by atoms with E-state index in [4.69, 9.17) is 11.6 Å². The van der Waals surface area contributed by atoms with Crippen LogP contribution in [0.5, 0.6) is 0 Å². The number of carbonyl (C=O) groups is 1. The van der Waals surface area contributed by atoms with Crippen molar-refractivity contribution in [3.05, 3.63) is 27.4 Å². The minimum atomic E-state index is -0.347. The van der Waals surface area contributed by atoms with Crippen LogP contribution in [0.15, 0.2) is 17.5 Å². The zero-order chi connectivity index (χ0) is 9.84. The van der Waals surface area contributed by atoms with Crippen molar-refractivity contribution in [2.24, 2.45) is 0 Å². The second-order valence-corrected chi connectivity index (χ2v) is 4.03. The molecule has 2 nitrogen and oxygen atoms in total. The smallest absolute Gasteiger partial charge is 0.330 e. The van der Waals surface area contributed by atoms with Crippen LogP contribution in [-0.2, 0) is 9.53 Å². The van der Waals surface area contributed by atoms with Crippen LogP contribution < -0.4 is 0 Å². The van der Waals surface area contributed by atoms with Gasteiger partial charge >= 0.3 is 5.97 Å². The van der Waals surface area contributed by atoms with Crippen molar-refractivity contribution >= 4 is 34.5 Å². The van der Waals surface area contributed by atoms with E-state index < -0.39 is 0 Å². The number of halogens is 1. The fourth-order valence-corrected chi connectivity index (χ4v) is 1.78. The molecule has 0 radical (unpaired) electrons. The molecule has 0 spiro atoms. The summed E-state index contributed by atoms with van der Waals surface area (Å²) in [7, 11) is 1.35. The highest BCUT2D eigenvalue weighted by Crippen LogP contribution is 2.25. The average molecular weight is 217 g/mol. The molecule has 0 aromatic carbocycles. The lowest BCUT2D eigenvalue weighted by atomic mass is 10.1. The van der Waals surface area contributed by atoms with Gasteiger partial charge in [-0.1, -0.05) is 11.6 Å². The van der Waals surface area contributed by atoms with E-state index in [9.17, 15) is 4.79 Å². The summed E-state index contributed by atoms with van der Waals surface area (Å²) < 4.78 is 5.22. The van der Waals surface area contributed by atoms with Crippen LogP contribution in [0.3, 0.4) is 0 Å². The summed E-state index contributed by atoms with van der Waals surface area (Å²) in [5, 5.41) is 1.90. The Labute approximate surface area is 85.8 Å². The molecule has 70 valence electrons. The Bertz CT molecular complexity index is 341. The maximum absolute atomic E-state index is 10.9. The number of thiophene rings is 1. The van der Waals surface area contributed by atoms with Crippen LogP contribution in [0, 0.1) is 0 Å². The summed E-state index contributed by atoms with van der Waals surface area (Å²) in [6.07, 6.45) is 1.44. The molecule has 0 fully saturated rings. The van der Waals surface area contributed by atoms with Gasteiger partial charge in [-0.05, 0) is 29.5 Å². The molecule has 1 heterocycles. The standard InChI is InChI=1S/C9H9ClO2S/c1-6(3-9(11)12-2)7-4-8(10)13-5-7/h3-5H,1-2H3/b6-3-. The number of rotatable bonds is 2. The minimum Gasteiger partial charge on any atom is -0.466 e. The maximum atomic E-state index is 10.9. The number of methoxy groups -OCH3 is 1. The third-order valence-electron chi connectivity index (χ3n) is 1.56. The van der Waals surface area contributed by atoms with Crippen molar-refractivity contribution in [1.29, 1.82) is 0 Å². The van der Waals surface area contributed by atoms with E-state index in [2.05, 4.69) is 4.74 Å². The number of carbonyl (C=O) groups excluding carboxylic acids is 1. The Kier molecular flexibility index (Phi) is 3.51. The molecular formula is C9H9ClO2S. The molecular weight excluding hydrogens is 208 g/mol. The Morgan fingerprint density at radius 3 is 2.85 bits per heavy atom. The van der Waals surface area contributed by atoms with Gasteiger partial charge in [0.05, 0.1) is 11.4 Å². The molecule has 0 N–H and O–H groups in total. The highest BCUT2D eigenvalue weighted by molar-refractivity contribution is 7.14. The molecule has 13 heavy (non-hydrogen) atoms. The fourth-order valence-electron chi connectivity index (χ4n) is 0.836. The Hall–Kier alpha value is -0.800. The zero-order valence-corrected chi connectivity index (χ0v) is 8.91. The van der Waals surface area contributed by atoms with Crippen molar-refractivity contribution in [2.75, 3.05) is 7.11 Å². The first-order valence-electron chi connectivity index (χ1n) is 3.64. The first-order valence-corrected chi connectivity index (χ1v) is 4.90. The van der Waals surface area contributed by atoms with Gasteiger partial charge in [0.1, 0.15) is 0 Å². The fraction of sp³-hybridized carbons (Fsp3) is 0.222. The zero-order valence-electron chi connectivity index (χ0n) is 7.33. The van der Waals surface area contributed by atoms with Crippen molar-refractivity contribution in [3.8, 4) is 0 Å². The number of esters is 1. The van der Waals surface area contributed by atoms with Crippen LogP contribution >= 0.6 is 22.9 Å². The normalized spacial score (nSPS) is 11.5. The molecule has 4 heteroatoms. The van der Waals surface area contributed by atoms with Gasteiger partial charge in [-0.15, -0.1) is 11.3 Å². The predicted octanol–water partition coefficient (Wildman–Crippen LogP) is 2.98. The molecule has 1 aromatic heterocycles. The largest absolute Gasteiger partial charge is 0.466 e. The van der Waals surface area contributed by atoms with Crippen LogP contribution in [0.2, 0.25) is 4.34 Å². The van der Waals surface area contributed by atoms with Crippen molar-refractivity contribution < 1.29 is 9.53 Å². The number of hydrogen-bond acceptors (Lipinski definition) is 3. The van der Waals surface area contributed by atoms with Crippen molar-refractivity contribution in [1.82, 2.24) is 0 Å². The van der Waals surface area contributed by atoms with Gasteiger partial charge in [-0.2, -0.15) is 0 Å². The van der Waals surface area contributed by atoms with Crippen molar-refractivity contribution in [3.63, 3.8) is 0 Å². The first-order chi connectivity index (χ1) is 6.13. The van der Waals surface area contributed by atoms with Crippen LogP contribution in [-0.4, -0.2) is 13.1 Å². The summed E-state index contributed by atoms with van der Waals surface area (Å²) in [5.41, 5.74) is 1.82. The Balaban J connectivity index is 2.84. The second kappa shape index (κ2) is 4.44. The number of hydrogen-bond donors (Lipinski definition) is 0. The maximum Gasteiger partial charge on any atom is 0.330 e. The van der Waals surface area contributed by atoms with Gasteiger partial charge < -0.3 is 4.74 Å². The van der Waals surface area contributed by atoms with E-state index in [0.717, 1.165) is 11.1 Å². The van der Waals surface area contributed by atoms with Crippen LogP contribution in [0.25, 0.3) is 5.57 Å². The van der Waals surface area contributed by atoms with Gasteiger partial charge in [0.25, 0.3) is 0 Å². The monoisotopic (exact) mass is 216 g/mol. The molecule has 0 saturated carbocycles. The lowest BCUT2D eigenvalue weighted by Gasteiger charge is -1.95. The summed E-state index contributed by atoms with van der Waals surface area (Å²) >= 11 is 7.19. The third-order valence-corrected chi connectivity index (χ3v) is 2.65. The van der Waals surface area contributed by atoms with Gasteiger partial charge in [0, 0.05) is 6.08 Å². The van der Waals surface area contributed by atoms with Crippen LogP contribution in [0.1, 0.15) is 12.5 Å². The van der Waals surface area contributed by atoms with Gasteiger partial charge in [-0.3, -0.25) is 0 Å². The third kappa shape index (κ3) is 2.86. The Morgan fingerprint density at radius 1 is 1.69 bits per heavy atom. The minimum absolute atomic E-state index is 0.347. The predicted molar refractivity (Wildman–Crippen MR) is 55.0 cm³/mol. The molecule has 0 atom stereocenters. The molecule has 0 aliphatic rings. The van der Waals surface area contributed by atoms with E-state index in [1.54, 1.807) is 0 Å².